The van der Waals surface area contributed by atoms with E-state index in [1.165, 1.54) is 5.56 Å². The minimum absolute atomic E-state index is 0.383. The van der Waals surface area contributed by atoms with Gasteiger partial charge in [-0.15, -0.1) is 0 Å². The number of nitrogens with zero attached hydrogens (tertiary/aromatic N) is 2. The normalized spacial score (nSPS) is 10.5. The lowest BCUT2D eigenvalue weighted by molar-refractivity contribution is 0.908. The van der Waals surface area contributed by atoms with Crippen LogP contribution in [0.1, 0.15) is 22.5 Å². The third kappa shape index (κ3) is 3.60. The van der Waals surface area contributed by atoms with Crippen molar-refractivity contribution in [1.82, 2.24) is 4.98 Å². The summed E-state index contributed by atoms with van der Waals surface area (Å²) in [6, 6.07) is 10.2. The molecule has 0 bridgehead atoms. The van der Waals surface area contributed by atoms with E-state index in [1.807, 2.05) is 45.2 Å². The molecule has 0 aliphatic rings. The molecule has 0 atom stereocenters. The van der Waals surface area contributed by atoms with E-state index in [4.69, 9.17) is 18.0 Å². The van der Waals surface area contributed by atoms with Crippen LogP contribution in [0.4, 0.5) is 5.69 Å². The molecule has 0 radical (unpaired) electrons. The zero-order valence-electron chi connectivity index (χ0n) is 12.4. The topological polar surface area (TPSA) is 42.1 Å². The maximum atomic E-state index is 5.88. The molecule has 1 heterocycles. The fourth-order valence-electron chi connectivity index (χ4n) is 2.38. The molecule has 0 spiro atoms. The van der Waals surface area contributed by atoms with Gasteiger partial charge in [-0.05, 0) is 31.5 Å². The number of halogens is 1. The van der Waals surface area contributed by atoms with Crippen molar-refractivity contribution in [2.75, 3.05) is 11.9 Å². The summed E-state index contributed by atoms with van der Waals surface area (Å²) < 4.78 is 1.09. The summed E-state index contributed by atoms with van der Waals surface area (Å²) in [5.41, 5.74) is 10.8. The summed E-state index contributed by atoms with van der Waals surface area (Å²) in [6.07, 6.45) is 0. The van der Waals surface area contributed by atoms with E-state index in [-0.39, 0.29) is 0 Å². The molecule has 110 valence electrons. The van der Waals surface area contributed by atoms with Crippen molar-refractivity contribution in [3.63, 3.8) is 0 Å². The van der Waals surface area contributed by atoms with Gasteiger partial charge in [0.2, 0.25) is 0 Å². The molecular formula is C16H18BrN3S. The molecule has 3 nitrogen and oxygen atoms in total. The highest BCUT2D eigenvalue weighted by molar-refractivity contribution is 9.10. The maximum Gasteiger partial charge on any atom is 0.107 e. The third-order valence-electron chi connectivity index (χ3n) is 3.33. The van der Waals surface area contributed by atoms with Gasteiger partial charge in [-0.25, -0.2) is 0 Å². The fraction of sp³-hybridized carbons (Fsp3) is 0.250. The van der Waals surface area contributed by atoms with Crippen LogP contribution in [0.3, 0.4) is 0 Å². The summed E-state index contributed by atoms with van der Waals surface area (Å²) in [5.74, 6) is 0. The molecule has 1 aromatic carbocycles. The molecule has 2 N–H and O–H groups in total. The van der Waals surface area contributed by atoms with E-state index in [9.17, 15) is 0 Å². The van der Waals surface area contributed by atoms with Gasteiger partial charge in [0.15, 0.2) is 0 Å². The van der Waals surface area contributed by atoms with Crippen LogP contribution in [0, 0.1) is 13.8 Å². The second-order valence-electron chi connectivity index (χ2n) is 5.05. The van der Waals surface area contributed by atoms with Gasteiger partial charge in [-0.2, -0.15) is 0 Å². The van der Waals surface area contributed by atoms with Gasteiger partial charge in [0, 0.05) is 29.5 Å². The highest BCUT2D eigenvalue weighted by atomic mass is 79.9. The van der Waals surface area contributed by atoms with Crippen molar-refractivity contribution >= 4 is 38.8 Å². The van der Waals surface area contributed by atoms with Crippen molar-refractivity contribution in [3.05, 3.63) is 57.3 Å². The first kappa shape index (κ1) is 15.9. The number of hydrogen-bond acceptors (Lipinski definition) is 3. The largest absolute Gasteiger partial charge is 0.389 e. The molecule has 1 aromatic heterocycles. The number of thiocarbonyl (C=S) groups is 1. The first-order valence-electron chi connectivity index (χ1n) is 6.62. The standard InChI is InChI=1S/C16H18BrN3S/c1-10-8-14(15(16(18)21)11(2)19-10)20(3)9-12-6-4-5-7-13(12)17/h4-8H,9H2,1-3H3,(H2,18,21). The monoisotopic (exact) mass is 363 g/mol. The molecule has 0 aliphatic carbocycles. The Morgan fingerprint density at radius 2 is 2.00 bits per heavy atom. The highest BCUT2D eigenvalue weighted by Crippen LogP contribution is 2.26. The minimum atomic E-state index is 0.383. The Hall–Kier alpha value is -1.46. The molecule has 2 rings (SSSR count). The zero-order valence-corrected chi connectivity index (χ0v) is 14.8. The average molecular weight is 364 g/mol. The zero-order chi connectivity index (χ0) is 15.6. The number of aryl methyl sites for hydroxylation is 2. The molecule has 2 aromatic rings. The summed E-state index contributed by atoms with van der Waals surface area (Å²) >= 11 is 8.78. The Labute approximate surface area is 139 Å². The summed E-state index contributed by atoms with van der Waals surface area (Å²) in [7, 11) is 2.04. The molecule has 0 amide bonds. The predicted octanol–water partition coefficient (Wildman–Crippen LogP) is 3.73. The second kappa shape index (κ2) is 6.54. The molecule has 0 saturated heterocycles. The fourth-order valence-corrected chi connectivity index (χ4v) is 3.04. The van der Waals surface area contributed by atoms with Crippen LogP contribution < -0.4 is 10.6 Å². The first-order valence-corrected chi connectivity index (χ1v) is 7.83. The van der Waals surface area contributed by atoms with Crippen molar-refractivity contribution in [1.29, 1.82) is 0 Å². The quantitative estimate of drug-likeness (QED) is 0.840. The van der Waals surface area contributed by atoms with Gasteiger partial charge >= 0.3 is 0 Å². The van der Waals surface area contributed by atoms with E-state index in [2.05, 4.69) is 31.9 Å². The first-order chi connectivity index (χ1) is 9.90. The SMILES string of the molecule is Cc1cc(N(C)Cc2ccccc2Br)c(C(N)=S)c(C)n1. The van der Waals surface area contributed by atoms with Crippen LogP contribution in [0.2, 0.25) is 0 Å². The van der Waals surface area contributed by atoms with Crippen LogP contribution in [0.5, 0.6) is 0 Å². The van der Waals surface area contributed by atoms with Gasteiger partial charge in [0.05, 0.1) is 11.3 Å². The lowest BCUT2D eigenvalue weighted by Gasteiger charge is -2.24. The van der Waals surface area contributed by atoms with Gasteiger partial charge in [0.1, 0.15) is 4.99 Å². The Morgan fingerprint density at radius 1 is 1.33 bits per heavy atom. The van der Waals surface area contributed by atoms with Gasteiger partial charge in [-0.3, -0.25) is 4.98 Å². The molecule has 0 aliphatic heterocycles. The van der Waals surface area contributed by atoms with E-state index >= 15 is 0 Å². The van der Waals surface area contributed by atoms with Crippen molar-refractivity contribution in [2.45, 2.75) is 20.4 Å². The number of anilines is 1. The Morgan fingerprint density at radius 3 is 2.62 bits per heavy atom. The van der Waals surface area contributed by atoms with Crippen LogP contribution in [0.25, 0.3) is 0 Å². The van der Waals surface area contributed by atoms with Gasteiger partial charge < -0.3 is 10.6 Å². The Bertz CT molecular complexity index is 685. The number of aromatic nitrogens is 1. The van der Waals surface area contributed by atoms with Crippen LogP contribution in [0.15, 0.2) is 34.8 Å². The molecule has 0 fully saturated rings. The van der Waals surface area contributed by atoms with Crippen LogP contribution >= 0.6 is 28.1 Å². The van der Waals surface area contributed by atoms with E-state index < -0.39 is 0 Å². The minimum Gasteiger partial charge on any atom is -0.389 e. The number of pyridine rings is 1. The van der Waals surface area contributed by atoms with Gasteiger partial charge in [0.25, 0.3) is 0 Å². The Kier molecular flexibility index (Phi) is 4.96. The van der Waals surface area contributed by atoms with Crippen LogP contribution in [-0.2, 0) is 6.54 Å². The lowest BCUT2D eigenvalue weighted by atomic mass is 10.1. The van der Waals surface area contributed by atoms with Crippen LogP contribution in [-0.4, -0.2) is 17.0 Å². The summed E-state index contributed by atoms with van der Waals surface area (Å²) in [5, 5.41) is 0. The molecule has 0 unspecified atom stereocenters. The molecule has 21 heavy (non-hydrogen) atoms. The second-order valence-corrected chi connectivity index (χ2v) is 6.35. The highest BCUT2D eigenvalue weighted by Gasteiger charge is 2.15. The van der Waals surface area contributed by atoms with Gasteiger partial charge in [-0.1, -0.05) is 46.3 Å². The van der Waals surface area contributed by atoms with Crippen molar-refractivity contribution in [3.8, 4) is 0 Å². The smallest absolute Gasteiger partial charge is 0.107 e. The average Bonchev–Trinajstić information content (AvgIpc) is 2.39. The van der Waals surface area contributed by atoms with E-state index in [1.54, 1.807) is 0 Å². The maximum absolute atomic E-state index is 5.88. The Balaban J connectivity index is 2.41. The summed E-state index contributed by atoms with van der Waals surface area (Å²) in [6.45, 7) is 4.68. The summed E-state index contributed by atoms with van der Waals surface area (Å²) in [4.78, 5) is 6.99. The van der Waals surface area contributed by atoms with E-state index in [0.29, 0.717) is 4.99 Å². The third-order valence-corrected chi connectivity index (χ3v) is 4.31. The predicted molar refractivity (Wildman–Crippen MR) is 95.8 cm³/mol. The van der Waals surface area contributed by atoms with E-state index in [0.717, 1.165) is 33.7 Å². The number of hydrogen-bond donors (Lipinski definition) is 1. The lowest BCUT2D eigenvalue weighted by Crippen LogP contribution is -2.23. The number of rotatable bonds is 4. The number of benzene rings is 1. The van der Waals surface area contributed by atoms with Crippen molar-refractivity contribution in [2.24, 2.45) is 5.73 Å². The molecule has 0 saturated carbocycles. The van der Waals surface area contributed by atoms with Crippen molar-refractivity contribution < 1.29 is 0 Å². The molecule has 5 heteroatoms. The molecular weight excluding hydrogens is 346 g/mol. The number of nitrogens with two attached hydrogens (primary N) is 1.